The van der Waals surface area contributed by atoms with Crippen LogP contribution in [-0.2, 0) is 0 Å². The number of nitrogens with one attached hydrogen (secondary N) is 1. The molecule has 1 amide bonds. The molecule has 0 bridgehead atoms. The molecule has 1 heterocycles. The van der Waals surface area contributed by atoms with Crippen LogP contribution >= 0.6 is 15.9 Å². The van der Waals surface area contributed by atoms with Crippen molar-refractivity contribution in [3.05, 3.63) is 46.6 Å². The average molecular weight is 350 g/mol. The van der Waals surface area contributed by atoms with Crippen molar-refractivity contribution < 1.29 is 27.1 Å². The van der Waals surface area contributed by atoms with Crippen molar-refractivity contribution in [1.29, 1.82) is 0 Å². The van der Waals surface area contributed by atoms with Gasteiger partial charge in [0.15, 0.2) is 22.0 Å². The summed E-state index contributed by atoms with van der Waals surface area (Å²) < 4.78 is 46.7. The lowest BCUT2D eigenvalue weighted by atomic mass is 10.3. The number of alkyl halides is 2. The number of halogens is 4. The molecule has 0 atom stereocenters. The Labute approximate surface area is 119 Å². The van der Waals surface area contributed by atoms with Gasteiger partial charge < -0.3 is 14.5 Å². The molecule has 1 aromatic carbocycles. The lowest BCUT2D eigenvalue weighted by Gasteiger charge is -2.08. The van der Waals surface area contributed by atoms with E-state index in [0.29, 0.717) is 4.67 Å². The molecule has 20 heavy (non-hydrogen) atoms. The van der Waals surface area contributed by atoms with E-state index in [9.17, 15) is 18.0 Å². The predicted molar refractivity (Wildman–Crippen MR) is 67.4 cm³/mol. The fourth-order valence-electron chi connectivity index (χ4n) is 1.40. The van der Waals surface area contributed by atoms with Crippen LogP contribution in [0.3, 0.4) is 0 Å². The molecule has 0 saturated carbocycles. The zero-order valence-electron chi connectivity index (χ0n) is 9.70. The van der Waals surface area contributed by atoms with Gasteiger partial charge in [0.2, 0.25) is 0 Å². The van der Waals surface area contributed by atoms with Crippen LogP contribution in [0.15, 0.2) is 39.4 Å². The van der Waals surface area contributed by atoms with E-state index in [-0.39, 0.29) is 11.4 Å². The molecule has 1 aromatic heterocycles. The van der Waals surface area contributed by atoms with Crippen molar-refractivity contribution in [3.8, 4) is 5.75 Å². The molecule has 0 spiro atoms. The maximum atomic E-state index is 13.4. The second-order valence-corrected chi connectivity index (χ2v) is 4.36. The molecule has 4 nitrogen and oxygen atoms in total. The van der Waals surface area contributed by atoms with Crippen molar-refractivity contribution in [3.63, 3.8) is 0 Å². The van der Waals surface area contributed by atoms with Crippen LogP contribution in [0, 0.1) is 5.82 Å². The smallest absolute Gasteiger partial charge is 0.387 e. The van der Waals surface area contributed by atoms with Gasteiger partial charge in [-0.25, -0.2) is 4.39 Å². The molecule has 0 saturated heterocycles. The molecule has 1 N–H and O–H groups in total. The highest BCUT2D eigenvalue weighted by Crippen LogP contribution is 2.23. The molecule has 0 aliphatic carbocycles. The number of benzene rings is 1. The zero-order valence-corrected chi connectivity index (χ0v) is 11.3. The predicted octanol–water partition coefficient (Wildman–Crippen LogP) is 4.03. The number of carbonyl (C=O) groups is 1. The van der Waals surface area contributed by atoms with Gasteiger partial charge in [0.1, 0.15) is 0 Å². The minimum atomic E-state index is -3.12. The average Bonchev–Trinajstić information content (AvgIpc) is 2.79. The van der Waals surface area contributed by atoms with E-state index >= 15 is 0 Å². The Bertz CT molecular complexity index is 630. The zero-order chi connectivity index (χ0) is 14.7. The van der Waals surface area contributed by atoms with E-state index in [1.54, 1.807) is 0 Å². The van der Waals surface area contributed by atoms with Crippen LogP contribution in [0.1, 0.15) is 10.6 Å². The van der Waals surface area contributed by atoms with E-state index in [1.807, 2.05) is 0 Å². The number of anilines is 1. The minimum absolute atomic E-state index is 0.0187. The molecule has 106 valence electrons. The van der Waals surface area contributed by atoms with Gasteiger partial charge in [0.05, 0.1) is 0 Å². The lowest BCUT2D eigenvalue weighted by Crippen LogP contribution is -2.11. The second-order valence-electron chi connectivity index (χ2n) is 3.58. The lowest BCUT2D eigenvalue weighted by molar-refractivity contribution is -0.0521. The number of hydrogen-bond acceptors (Lipinski definition) is 3. The third-order valence-corrected chi connectivity index (χ3v) is 2.63. The quantitative estimate of drug-likeness (QED) is 0.906. The summed E-state index contributed by atoms with van der Waals surface area (Å²) in [5, 5.41) is 2.36. The summed E-state index contributed by atoms with van der Waals surface area (Å²) in [6.07, 6.45) is 0. The van der Waals surface area contributed by atoms with Crippen LogP contribution in [0.5, 0.6) is 5.75 Å². The first-order valence-electron chi connectivity index (χ1n) is 5.27. The van der Waals surface area contributed by atoms with Gasteiger partial charge >= 0.3 is 6.61 Å². The second kappa shape index (κ2) is 6.00. The van der Waals surface area contributed by atoms with Crippen molar-refractivity contribution >= 4 is 27.5 Å². The summed E-state index contributed by atoms with van der Waals surface area (Å²) in [6.45, 7) is -3.12. The Hall–Kier alpha value is -1.96. The van der Waals surface area contributed by atoms with Gasteiger partial charge in [-0.3, -0.25) is 4.79 Å². The van der Waals surface area contributed by atoms with Crippen molar-refractivity contribution in [2.75, 3.05) is 5.32 Å². The molecule has 0 aliphatic heterocycles. The highest BCUT2D eigenvalue weighted by atomic mass is 79.9. The van der Waals surface area contributed by atoms with Crippen molar-refractivity contribution in [1.82, 2.24) is 0 Å². The van der Waals surface area contributed by atoms with Gasteiger partial charge in [-0.1, -0.05) is 0 Å². The topological polar surface area (TPSA) is 51.5 Å². The monoisotopic (exact) mass is 349 g/mol. The van der Waals surface area contributed by atoms with E-state index in [0.717, 1.165) is 12.1 Å². The number of hydrogen-bond donors (Lipinski definition) is 1. The van der Waals surface area contributed by atoms with Gasteiger partial charge in [-0.2, -0.15) is 8.78 Å². The third-order valence-electron chi connectivity index (χ3n) is 2.20. The first-order chi connectivity index (χ1) is 9.45. The molecular formula is C12H7BrF3NO3. The maximum absolute atomic E-state index is 13.4. The summed E-state index contributed by atoms with van der Waals surface area (Å²) >= 11 is 3.04. The van der Waals surface area contributed by atoms with Crippen LogP contribution in [-0.4, -0.2) is 12.5 Å². The first kappa shape index (κ1) is 14.4. The fraction of sp³-hybridized carbons (Fsp3) is 0.0833. The molecule has 2 rings (SSSR count). The number of amides is 1. The van der Waals surface area contributed by atoms with Gasteiger partial charge in [-0.15, -0.1) is 0 Å². The van der Waals surface area contributed by atoms with Crippen LogP contribution < -0.4 is 10.1 Å². The summed E-state index contributed by atoms with van der Waals surface area (Å²) in [7, 11) is 0. The van der Waals surface area contributed by atoms with Crippen LogP contribution in [0.2, 0.25) is 0 Å². The molecule has 0 aliphatic rings. The first-order valence-corrected chi connectivity index (χ1v) is 6.06. The van der Waals surface area contributed by atoms with Crippen molar-refractivity contribution in [2.24, 2.45) is 0 Å². The Morgan fingerprint density at radius 1 is 1.30 bits per heavy atom. The number of rotatable bonds is 4. The molecule has 0 radical (unpaired) electrons. The largest absolute Gasteiger partial charge is 0.444 e. The Balaban J connectivity index is 2.10. The van der Waals surface area contributed by atoms with E-state index in [1.165, 1.54) is 18.2 Å². The standard InChI is InChI=1S/C12H7BrF3NO3/c13-10-4-3-9(19-10)11(18)17-6-1-2-8(7(14)5-6)20-12(15)16/h1-5,12H,(H,17,18). The molecule has 0 fully saturated rings. The van der Waals surface area contributed by atoms with Gasteiger partial charge in [-0.05, 0) is 40.2 Å². The SMILES string of the molecule is O=C(Nc1ccc(OC(F)F)c(F)c1)c1ccc(Br)o1. The van der Waals surface area contributed by atoms with Crippen molar-refractivity contribution in [2.45, 2.75) is 6.61 Å². The summed E-state index contributed by atoms with van der Waals surface area (Å²) in [5.74, 6) is -2.19. The highest BCUT2D eigenvalue weighted by Gasteiger charge is 2.14. The molecule has 8 heteroatoms. The third kappa shape index (κ3) is 3.53. The molecule has 0 unspecified atom stereocenters. The minimum Gasteiger partial charge on any atom is -0.444 e. The number of ether oxygens (including phenoxy) is 1. The summed E-state index contributed by atoms with van der Waals surface area (Å²) in [6, 6.07) is 6.04. The van der Waals surface area contributed by atoms with Gasteiger partial charge in [0, 0.05) is 11.8 Å². The number of furan rings is 1. The Kier molecular flexibility index (Phi) is 4.33. The van der Waals surface area contributed by atoms with E-state index in [4.69, 9.17) is 4.42 Å². The molecule has 2 aromatic rings. The van der Waals surface area contributed by atoms with Crippen LogP contribution in [0.25, 0.3) is 0 Å². The number of carbonyl (C=O) groups excluding carboxylic acids is 1. The van der Waals surface area contributed by atoms with Crippen LogP contribution in [0.4, 0.5) is 18.9 Å². The maximum Gasteiger partial charge on any atom is 0.387 e. The summed E-state index contributed by atoms with van der Waals surface area (Å²) in [4.78, 5) is 11.7. The normalized spacial score (nSPS) is 10.7. The fourth-order valence-corrected chi connectivity index (χ4v) is 1.71. The Morgan fingerprint density at radius 2 is 2.05 bits per heavy atom. The molecular weight excluding hydrogens is 343 g/mol. The highest BCUT2D eigenvalue weighted by molar-refractivity contribution is 9.10. The van der Waals surface area contributed by atoms with Gasteiger partial charge in [0.25, 0.3) is 5.91 Å². The van der Waals surface area contributed by atoms with E-state index in [2.05, 4.69) is 26.0 Å². The Morgan fingerprint density at radius 3 is 2.60 bits per heavy atom. The summed E-state index contributed by atoms with van der Waals surface area (Å²) in [5.41, 5.74) is 0.0849. The van der Waals surface area contributed by atoms with E-state index < -0.39 is 24.1 Å².